The molecule has 3 aromatic heterocycles. The number of nitrogens with one attached hydrogen (secondary N) is 1. The van der Waals surface area contributed by atoms with Crippen LogP contribution < -0.4 is 5.32 Å². The molecule has 0 unspecified atom stereocenters. The van der Waals surface area contributed by atoms with Crippen LogP contribution in [0.5, 0.6) is 0 Å². The highest BCUT2D eigenvalue weighted by Gasteiger charge is 2.36. The fourth-order valence-corrected chi connectivity index (χ4v) is 5.59. The maximum Gasteiger partial charge on any atom is 0.248 e. The Kier molecular flexibility index (Phi) is 7.24. The topological polar surface area (TPSA) is 115 Å². The van der Waals surface area contributed by atoms with Crippen molar-refractivity contribution in [3.63, 3.8) is 0 Å². The summed E-state index contributed by atoms with van der Waals surface area (Å²) < 4.78 is 11.4. The molecule has 4 heterocycles. The SMILES string of the molecule is Cc1ccc(-c2nnn(CC(=O)N(C[C@@H]3CCCO3)[C@@H](C(=O)NC3CCCC3)c3cccs3)n2)o1. The maximum atomic E-state index is 13.7. The number of amides is 2. The van der Waals surface area contributed by atoms with Crippen LogP contribution in [0.1, 0.15) is 55.2 Å². The number of nitrogens with zero attached hydrogens (tertiary/aromatic N) is 5. The van der Waals surface area contributed by atoms with E-state index < -0.39 is 6.04 Å². The van der Waals surface area contributed by atoms with E-state index in [2.05, 4.69) is 20.7 Å². The summed E-state index contributed by atoms with van der Waals surface area (Å²) in [5, 5.41) is 17.5. The van der Waals surface area contributed by atoms with Crippen molar-refractivity contribution in [2.75, 3.05) is 13.2 Å². The highest BCUT2D eigenvalue weighted by atomic mass is 32.1. The molecule has 2 aliphatic rings. The van der Waals surface area contributed by atoms with Gasteiger partial charge in [-0.25, -0.2) is 0 Å². The molecular weight excluding hydrogens is 468 g/mol. The van der Waals surface area contributed by atoms with Gasteiger partial charge in [-0.1, -0.05) is 18.9 Å². The fraction of sp³-hybridized carbons (Fsp3) is 0.542. The van der Waals surface area contributed by atoms with Crippen molar-refractivity contribution in [1.29, 1.82) is 0 Å². The monoisotopic (exact) mass is 498 g/mol. The molecular formula is C24H30N6O4S. The van der Waals surface area contributed by atoms with Gasteiger partial charge in [0.1, 0.15) is 18.3 Å². The lowest BCUT2D eigenvalue weighted by atomic mass is 10.1. The Hall–Kier alpha value is -3.05. The Bertz CT molecular complexity index is 1130. The molecule has 1 N–H and O–H groups in total. The number of carbonyl (C=O) groups excluding carboxylic acids is 2. The summed E-state index contributed by atoms with van der Waals surface area (Å²) in [5.74, 6) is 1.13. The fourth-order valence-electron chi connectivity index (χ4n) is 4.76. The van der Waals surface area contributed by atoms with Gasteiger partial charge in [-0.3, -0.25) is 9.59 Å². The van der Waals surface area contributed by atoms with Gasteiger partial charge in [0.25, 0.3) is 0 Å². The Labute approximate surface area is 207 Å². The van der Waals surface area contributed by atoms with Crippen LogP contribution in [-0.4, -0.2) is 62.2 Å². The zero-order chi connectivity index (χ0) is 24.2. The van der Waals surface area contributed by atoms with E-state index in [1.165, 1.54) is 16.1 Å². The molecule has 1 saturated heterocycles. The summed E-state index contributed by atoms with van der Waals surface area (Å²) in [6, 6.07) is 6.82. The van der Waals surface area contributed by atoms with Gasteiger partial charge in [0, 0.05) is 24.1 Å². The van der Waals surface area contributed by atoms with E-state index in [9.17, 15) is 9.59 Å². The smallest absolute Gasteiger partial charge is 0.248 e. The van der Waals surface area contributed by atoms with Crippen molar-refractivity contribution >= 4 is 23.2 Å². The van der Waals surface area contributed by atoms with Crippen molar-refractivity contribution in [1.82, 2.24) is 30.4 Å². The van der Waals surface area contributed by atoms with Crippen molar-refractivity contribution in [2.24, 2.45) is 0 Å². The minimum atomic E-state index is -0.733. The summed E-state index contributed by atoms with van der Waals surface area (Å²) in [5.41, 5.74) is 0. The van der Waals surface area contributed by atoms with Gasteiger partial charge in [-0.15, -0.1) is 21.5 Å². The number of rotatable bonds is 9. The number of hydrogen-bond acceptors (Lipinski definition) is 8. The molecule has 0 radical (unpaired) electrons. The first-order valence-electron chi connectivity index (χ1n) is 12.2. The summed E-state index contributed by atoms with van der Waals surface area (Å²) in [6.45, 7) is 2.69. The summed E-state index contributed by atoms with van der Waals surface area (Å²) in [6.07, 6.45) is 5.87. The highest BCUT2D eigenvalue weighted by molar-refractivity contribution is 7.10. The largest absolute Gasteiger partial charge is 0.458 e. The lowest BCUT2D eigenvalue weighted by Crippen LogP contribution is -2.49. The molecule has 2 amide bonds. The first kappa shape index (κ1) is 23.7. The van der Waals surface area contributed by atoms with Gasteiger partial charge in [0.2, 0.25) is 17.6 Å². The normalized spacial score (nSPS) is 19.2. The lowest BCUT2D eigenvalue weighted by molar-refractivity contribution is -0.143. The highest BCUT2D eigenvalue weighted by Crippen LogP contribution is 2.29. The third-order valence-electron chi connectivity index (χ3n) is 6.51. The average Bonchev–Trinajstić information content (AvgIpc) is 3.65. The van der Waals surface area contributed by atoms with E-state index in [0.29, 0.717) is 24.7 Å². The van der Waals surface area contributed by atoms with E-state index in [0.717, 1.165) is 49.2 Å². The third-order valence-corrected chi connectivity index (χ3v) is 7.43. The molecule has 3 aromatic rings. The summed E-state index contributed by atoms with van der Waals surface area (Å²) in [7, 11) is 0. The molecule has 35 heavy (non-hydrogen) atoms. The molecule has 2 atom stereocenters. The quantitative estimate of drug-likeness (QED) is 0.482. The number of ether oxygens (including phenoxy) is 1. The molecule has 1 aliphatic heterocycles. The molecule has 5 rings (SSSR count). The molecule has 1 aliphatic carbocycles. The average molecular weight is 499 g/mol. The second-order valence-electron chi connectivity index (χ2n) is 9.14. The second kappa shape index (κ2) is 10.7. The molecule has 0 aromatic carbocycles. The zero-order valence-electron chi connectivity index (χ0n) is 19.8. The van der Waals surface area contributed by atoms with Gasteiger partial charge in [-0.05, 0) is 61.4 Å². The van der Waals surface area contributed by atoms with Crippen LogP contribution in [-0.2, 0) is 20.9 Å². The van der Waals surface area contributed by atoms with Crippen LogP contribution in [0.25, 0.3) is 11.6 Å². The lowest BCUT2D eigenvalue weighted by Gasteiger charge is -2.32. The second-order valence-corrected chi connectivity index (χ2v) is 10.1. The van der Waals surface area contributed by atoms with Gasteiger partial charge in [0.05, 0.1) is 6.10 Å². The number of hydrogen-bond donors (Lipinski definition) is 1. The summed E-state index contributed by atoms with van der Waals surface area (Å²) >= 11 is 1.47. The van der Waals surface area contributed by atoms with E-state index in [-0.39, 0.29) is 30.5 Å². The molecule has 1 saturated carbocycles. The number of tetrazole rings is 1. The van der Waals surface area contributed by atoms with E-state index >= 15 is 0 Å². The van der Waals surface area contributed by atoms with Crippen LogP contribution in [0.15, 0.2) is 34.1 Å². The van der Waals surface area contributed by atoms with Crippen LogP contribution in [0, 0.1) is 6.92 Å². The number of carbonyl (C=O) groups is 2. The van der Waals surface area contributed by atoms with Gasteiger partial charge < -0.3 is 19.4 Å². The van der Waals surface area contributed by atoms with E-state index in [1.807, 2.05) is 30.5 Å². The Morgan fingerprint density at radius 2 is 2.09 bits per heavy atom. The van der Waals surface area contributed by atoms with Crippen molar-refractivity contribution in [3.05, 3.63) is 40.3 Å². The van der Waals surface area contributed by atoms with Gasteiger partial charge in [-0.2, -0.15) is 4.80 Å². The molecule has 0 bridgehead atoms. The van der Waals surface area contributed by atoms with Crippen LogP contribution in [0.3, 0.4) is 0 Å². The molecule has 10 nitrogen and oxygen atoms in total. The van der Waals surface area contributed by atoms with Crippen molar-refractivity contribution < 1.29 is 18.7 Å². The Morgan fingerprint density at radius 3 is 2.77 bits per heavy atom. The maximum absolute atomic E-state index is 13.7. The van der Waals surface area contributed by atoms with E-state index in [1.54, 1.807) is 11.0 Å². The van der Waals surface area contributed by atoms with Crippen molar-refractivity contribution in [3.8, 4) is 11.6 Å². The third kappa shape index (κ3) is 5.62. The zero-order valence-corrected chi connectivity index (χ0v) is 20.6. The predicted molar refractivity (Wildman–Crippen MR) is 128 cm³/mol. The van der Waals surface area contributed by atoms with E-state index in [4.69, 9.17) is 9.15 Å². The van der Waals surface area contributed by atoms with Gasteiger partial charge in [0.15, 0.2) is 5.76 Å². The van der Waals surface area contributed by atoms with Crippen LogP contribution in [0.4, 0.5) is 0 Å². The number of thiophene rings is 1. The number of aryl methyl sites for hydroxylation is 1. The minimum absolute atomic E-state index is 0.106. The number of aromatic nitrogens is 4. The number of furan rings is 1. The molecule has 186 valence electrons. The van der Waals surface area contributed by atoms with Gasteiger partial charge >= 0.3 is 0 Å². The standard InChI is InChI=1S/C24H30N6O4S/c1-16-10-11-19(34-16)23-26-28-30(27-23)15-21(31)29(14-18-8-4-12-33-18)22(20-9-5-13-35-20)24(32)25-17-6-2-3-7-17/h5,9-11,13,17-18,22H,2-4,6-8,12,14-15H2,1H3,(H,25,32)/t18-,22+/m0/s1. The van der Waals surface area contributed by atoms with Crippen molar-refractivity contribution in [2.45, 2.75) is 70.2 Å². The minimum Gasteiger partial charge on any atom is -0.458 e. The Balaban J connectivity index is 1.39. The first-order chi connectivity index (χ1) is 17.1. The van der Waals surface area contributed by atoms with Crippen LogP contribution >= 0.6 is 11.3 Å². The molecule has 0 spiro atoms. The molecule has 2 fully saturated rings. The molecule has 11 heteroatoms. The van der Waals surface area contributed by atoms with Crippen LogP contribution in [0.2, 0.25) is 0 Å². The first-order valence-corrected chi connectivity index (χ1v) is 13.0. The summed E-state index contributed by atoms with van der Waals surface area (Å²) in [4.78, 5) is 30.9. The predicted octanol–water partition coefficient (Wildman–Crippen LogP) is 3.11. The Morgan fingerprint density at radius 1 is 1.23 bits per heavy atom.